The first-order valence-corrected chi connectivity index (χ1v) is 5.04. The Morgan fingerprint density at radius 2 is 2.00 bits per heavy atom. The van der Waals surface area contributed by atoms with Crippen LogP contribution < -0.4 is 5.73 Å². The van der Waals surface area contributed by atoms with Gasteiger partial charge in [0.25, 0.3) is 0 Å². The van der Waals surface area contributed by atoms with Crippen molar-refractivity contribution in [2.75, 3.05) is 0 Å². The van der Waals surface area contributed by atoms with Crippen LogP contribution in [-0.4, -0.2) is 0 Å². The second kappa shape index (κ2) is 3.06. The lowest BCUT2D eigenvalue weighted by molar-refractivity contribution is 0.448. The van der Waals surface area contributed by atoms with Crippen LogP contribution >= 0.6 is 0 Å². The Kier molecular flexibility index (Phi) is 2.11. The topological polar surface area (TPSA) is 26.0 Å². The number of aryl methyl sites for hydroxylation is 1. The Hall–Kier alpha value is -0.890. The Labute approximate surface area is 84.1 Å². The van der Waals surface area contributed by atoms with Gasteiger partial charge >= 0.3 is 0 Å². The van der Waals surface area contributed by atoms with Crippen LogP contribution in [0.5, 0.6) is 0 Å². The maximum atomic E-state index is 13.1. The van der Waals surface area contributed by atoms with Crippen molar-refractivity contribution in [3.8, 4) is 0 Å². The van der Waals surface area contributed by atoms with Crippen molar-refractivity contribution in [2.24, 2.45) is 11.1 Å². The van der Waals surface area contributed by atoms with Crippen molar-refractivity contribution in [2.45, 2.75) is 32.7 Å². The molecule has 1 aromatic carbocycles. The third-order valence-electron chi connectivity index (χ3n) is 3.21. The molecule has 1 aromatic rings. The van der Waals surface area contributed by atoms with E-state index in [1.165, 1.54) is 6.07 Å². The van der Waals surface area contributed by atoms with E-state index in [1.54, 1.807) is 6.07 Å². The number of hydrogen-bond donors (Lipinski definition) is 1. The zero-order valence-electron chi connectivity index (χ0n) is 8.68. The van der Waals surface area contributed by atoms with Gasteiger partial charge in [-0.15, -0.1) is 0 Å². The molecule has 1 saturated carbocycles. The molecule has 0 amide bonds. The van der Waals surface area contributed by atoms with Crippen LogP contribution in [0.15, 0.2) is 18.2 Å². The highest BCUT2D eigenvalue weighted by Gasteiger charge is 2.43. The fraction of sp³-hybridized carbons (Fsp3) is 0.500. The number of hydrogen-bond acceptors (Lipinski definition) is 1. The van der Waals surface area contributed by atoms with E-state index in [1.807, 2.05) is 13.0 Å². The van der Waals surface area contributed by atoms with Gasteiger partial charge in [0, 0.05) is 6.04 Å². The van der Waals surface area contributed by atoms with Crippen molar-refractivity contribution in [1.29, 1.82) is 0 Å². The Balaban J connectivity index is 2.31. The fourth-order valence-corrected chi connectivity index (χ4v) is 1.85. The van der Waals surface area contributed by atoms with Crippen molar-refractivity contribution in [3.63, 3.8) is 0 Å². The van der Waals surface area contributed by atoms with E-state index >= 15 is 0 Å². The van der Waals surface area contributed by atoms with Crippen LogP contribution in [0.1, 0.15) is 36.9 Å². The average molecular weight is 193 g/mol. The lowest BCUT2D eigenvalue weighted by atomic mass is 9.92. The predicted molar refractivity (Wildman–Crippen MR) is 55.4 cm³/mol. The van der Waals surface area contributed by atoms with Crippen molar-refractivity contribution >= 4 is 0 Å². The molecule has 0 saturated heterocycles. The molecule has 1 nitrogen and oxygen atoms in total. The molecule has 14 heavy (non-hydrogen) atoms. The van der Waals surface area contributed by atoms with E-state index in [4.69, 9.17) is 5.73 Å². The molecule has 0 heterocycles. The first kappa shape index (κ1) is 9.66. The molecule has 2 N–H and O–H groups in total. The molecule has 1 atom stereocenters. The standard InChI is InChI=1S/C12H16FN/c1-8-5-9(7-10(13)6-8)11(14)12(2)3-4-12/h5-7,11H,3-4,14H2,1-2H3. The molecule has 0 aliphatic heterocycles. The Morgan fingerprint density at radius 1 is 1.36 bits per heavy atom. The summed E-state index contributed by atoms with van der Waals surface area (Å²) in [4.78, 5) is 0. The summed E-state index contributed by atoms with van der Waals surface area (Å²) >= 11 is 0. The minimum Gasteiger partial charge on any atom is -0.323 e. The summed E-state index contributed by atoms with van der Waals surface area (Å²) in [6, 6.07) is 5.06. The third kappa shape index (κ3) is 1.67. The normalized spacial score (nSPS) is 20.6. The SMILES string of the molecule is Cc1cc(F)cc(C(N)C2(C)CC2)c1. The third-order valence-corrected chi connectivity index (χ3v) is 3.21. The smallest absolute Gasteiger partial charge is 0.123 e. The summed E-state index contributed by atoms with van der Waals surface area (Å²) in [7, 11) is 0. The number of rotatable bonds is 2. The molecular formula is C12H16FN. The molecule has 0 spiro atoms. The Bertz CT molecular complexity index is 335. The van der Waals surface area contributed by atoms with Crippen molar-refractivity contribution in [1.82, 2.24) is 0 Å². The quantitative estimate of drug-likeness (QED) is 0.767. The molecule has 1 aliphatic rings. The van der Waals surface area contributed by atoms with Gasteiger partial charge in [-0.3, -0.25) is 0 Å². The van der Waals surface area contributed by atoms with Gasteiger partial charge in [0.05, 0.1) is 0 Å². The molecule has 2 rings (SSSR count). The fourth-order valence-electron chi connectivity index (χ4n) is 1.85. The summed E-state index contributed by atoms with van der Waals surface area (Å²) in [5.74, 6) is -0.181. The van der Waals surface area contributed by atoms with Gasteiger partial charge in [-0.25, -0.2) is 4.39 Å². The van der Waals surface area contributed by atoms with Gasteiger partial charge in [0.2, 0.25) is 0 Å². The second-order valence-electron chi connectivity index (χ2n) is 4.69. The van der Waals surface area contributed by atoms with E-state index in [0.717, 1.165) is 24.0 Å². The molecule has 1 aliphatic carbocycles. The highest BCUT2D eigenvalue weighted by molar-refractivity contribution is 5.28. The molecule has 0 aromatic heterocycles. The van der Waals surface area contributed by atoms with Crippen LogP contribution in [0.4, 0.5) is 4.39 Å². The first-order chi connectivity index (χ1) is 6.51. The first-order valence-electron chi connectivity index (χ1n) is 5.04. The van der Waals surface area contributed by atoms with Gasteiger partial charge in [0.1, 0.15) is 5.82 Å². The maximum absolute atomic E-state index is 13.1. The van der Waals surface area contributed by atoms with Crippen LogP contribution in [0.2, 0.25) is 0 Å². The average Bonchev–Trinajstić information content (AvgIpc) is 2.82. The van der Waals surface area contributed by atoms with Gasteiger partial charge in [0.15, 0.2) is 0 Å². The largest absolute Gasteiger partial charge is 0.323 e. The Morgan fingerprint density at radius 3 is 2.50 bits per heavy atom. The molecule has 1 fully saturated rings. The molecule has 0 bridgehead atoms. The summed E-state index contributed by atoms with van der Waals surface area (Å²) < 4.78 is 13.1. The van der Waals surface area contributed by atoms with Crippen LogP contribution in [-0.2, 0) is 0 Å². The number of nitrogens with two attached hydrogens (primary N) is 1. The minimum atomic E-state index is -0.181. The highest BCUT2D eigenvalue weighted by atomic mass is 19.1. The maximum Gasteiger partial charge on any atom is 0.123 e. The molecule has 0 radical (unpaired) electrons. The van der Waals surface area contributed by atoms with Gasteiger partial charge in [-0.2, -0.15) is 0 Å². The van der Waals surface area contributed by atoms with E-state index in [0.29, 0.717) is 0 Å². The van der Waals surface area contributed by atoms with E-state index < -0.39 is 0 Å². The lowest BCUT2D eigenvalue weighted by Crippen LogP contribution is -2.20. The van der Waals surface area contributed by atoms with Crippen LogP contribution in [0.3, 0.4) is 0 Å². The molecule has 1 unspecified atom stereocenters. The summed E-state index contributed by atoms with van der Waals surface area (Å²) in [5.41, 5.74) is 8.19. The summed E-state index contributed by atoms with van der Waals surface area (Å²) in [6.07, 6.45) is 2.31. The van der Waals surface area contributed by atoms with Gasteiger partial charge in [-0.1, -0.05) is 13.0 Å². The lowest BCUT2D eigenvalue weighted by Gasteiger charge is -2.19. The number of benzene rings is 1. The summed E-state index contributed by atoms with van der Waals surface area (Å²) in [6.45, 7) is 4.06. The van der Waals surface area contributed by atoms with Gasteiger partial charge < -0.3 is 5.73 Å². The van der Waals surface area contributed by atoms with Gasteiger partial charge in [-0.05, 0) is 48.4 Å². The van der Waals surface area contributed by atoms with Crippen molar-refractivity contribution in [3.05, 3.63) is 35.1 Å². The molecular weight excluding hydrogens is 177 g/mol. The zero-order valence-corrected chi connectivity index (χ0v) is 8.68. The minimum absolute atomic E-state index is 0.0168. The predicted octanol–water partition coefficient (Wildman–Crippen LogP) is 2.93. The van der Waals surface area contributed by atoms with E-state index in [9.17, 15) is 4.39 Å². The van der Waals surface area contributed by atoms with Crippen LogP contribution in [0, 0.1) is 18.2 Å². The van der Waals surface area contributed by atoms with Crippen LogP contribution in [0.25, 0.3) is 0 Å². The monoisotopic (exact) mass is 193 g/mol. The molecule has 2 heteroatoms. The summed E-state index contributed by atoms with van der Waals surface area (Å²) in [5, 5.41) is 0. The highest BCUT2D eigenvalue weighted by Crippen LogP contribution is 2.53. The molecule has 76 valence electrons. The second-order valence-corrected chi connectivity index (χ2v) is 4.69. The zero-order chi connectivity index (χ0) is 10.3. The van der Waals surface area contributed by atoms with E-state index in [-0.39, 0.29) is 17.3 Å². The van der Waals surface area contributed by atoms with E-state index in [2.05, 4.69) is 6.92 Å². The number of halogens is 1. The van der Waals surface area contributed by atoms with Crippen molar-refractivity contribution < 1.29 is 4.39 Å².